The lowest BCUT2D eigenvalue weighted by Crippen LogP contribution is -2.30. The first kappa shape index (κ1) is 19.2. The number of amides is 1. The standard InChI is InChI=1S/C23H21N3O2S/c1-16-22(27)26(15-19-11-7-10-17-8-3-5-12-20(17)19)23(29-16)25-24-14-18-9-4-6-13-21(18)28-2/h3-14,16H,15H2,1-2H3/b24-14-,25-23+/t16-/m0/s1. The van der Waals surface area contributed by atoms with E-state index in [1.54, 1.807) is 18.2 Å². The number of methoxy groups -OCH3 is 1. The van der Waals surface area contributed by atoms with Crippen molar-refractivity contribution in [2.24, 2.45) is 10.2 Å². The van der Waals surface area contributed by atoms with Gasteiger partial charge in [0.15, 0.2) is 5.17 Å². The van der Waals surface area contributed by atoms with Crippen LogP contribution in [-0.4, -0.2) is 34.5 Å². The van der Waals surface area contributed by atoms with Gasteiger partial charge in [0.25, 0.3) is 0 Å². The molecule has 3 aromatic carbocycles. The monoisotopic (exact) mass is 403 g/mol. The second-order valence-corrected chi connectivity index (χ2v) is 8.00. The molecule has 1 heterocycles. The normalized spacial score (nSPS) is 18.3. The Hall–Kier alpha value is -3.12. The zero-order valence-electron chi connectivity index (χ0n) is 16.3. The summed E-state index contributed by atoms with van der Waals surface area (Å²) in [6, 6.07) is 21.9. The van der Waals surface area contributed by atoms with Gasteiger partial charge in [0.2, 0.25) is 5.91 Å². The molecule has 1 saturated heterocycles. The molecule has 29 heavy (non-hydrogen) atoms. The molecule has 0 bridgehead atoms. The first-order chi connectivity index (χ1) is 14.2. The topological polar surface area (TPSA) is 54.3 Å². The van der Waals surface area contributed by atoms with Crippen molar-refractivity contribution in [3.63, 3.8) is 0 Å². The van der Waals surface area contributed by atoms with E-state index in [0.717, 1.165) is 27.6 Å². The lowest BCUT2D eigenvalue weighted by molar-refractivity contribution is -0.126. The van der Waals surface area contributed by atoms with Gasteiger partial charge < -0.3 is 4.74 Å². The summed E-state index contributed by atoms with van der Waals surface area (Å²) in [4.78, 5) is 14.5. The van der Waals surface area contributed by atoms with Crippen molar-refractivity contribution in [3.05, 3.63) is 77.9 Å². The van der Waals surface area contributed by atoms with Crippen LogP contribution in [-0.2, 0) is 11.3 Å². The van der Waals surface area contributed by atoms with Crippen LogP contribution in [0.1, 0.15) is 18.1 Å². The van der Waals surface area contributed by atoms with Crippen LogP contribution in [0.5, 0.6) is 5.75 Å². The third-order valence-corrected chi connectivity index (χ3v) is 5.88. The number of hydrogen-bond acceptors (Lipinski definition) is 5. The highest BCUT2D eigenvalue weighted by Crippen LogP contribution is 2.30. The van der Waals surface area contributed by atoms with Crippen molar-refractivity contribution >= 4 is 39.8 Å². The molecule has 1 atom stereocenters. The minimum absolute atomic E-state index is 0.0502. The Morgan fingerprint density at radius 1 is 1.07 bits per heavy atom. The number of para-hydroxylation sites is 1. The minimum atomic E-state index is -0.176. The Bertz CT molecular complexity index is 1100. The molecule has 4 rings (SSSR count). The molecule has 0 aromatic heterocycles. The van der Waals surface area contributed by atoms with E-state index in [-0.39, 0.29) is 11.2 Å². The van der Waals surface area contributed by atoms with Crippen molar-refractivity contribution in [2.75, 3.05) is 7.11 Å². The summed E-state index contributed by atoms with van der Waals surface area (Å²) >= 11 is 1.43. The summed E-state index contributed by atoms with van der Waals surface area (Å²) < 4.78 is 5.33. The highest BCUT2D eigenvalue weighted by atomic mass is 32.2. The summed E-state index contributed by atoms with van der Waals surface area (Å²) in [6.45, 7) is 2.37. The molecule has 0 saturated carbocycles. The molecule has 0 aliphatic carbocycles. The maximum atomic E-state index is 12.7. The molecule has 5 nitrogen and oxygen atoms in total. The molecule has 0 N–H and O–H groups in total. The average Bonchev–Trinajstić information content (AvgIpc) is 3.02. The van der Waals surface area contributed by atoms with E-state index in [0.29, 0.717) is 11.7 Å². The van der Waals surface area contributed by atoms with Crippen LogP contribution < -0.4 is 4.74 Å². The van der Waals surface area contributed by atoms with Gasteiger partial charge in [0.1, 0.15) is 5.75 Å². The van der Waals surface area contributed by atoms with Crippen LogP contribution in [0.15, 0.2) is 76.9 Å². The van der Waals surface area contributed by atoms with Crippen LogP contribution in [0, 0.1) is 0 Å². The lowest BCUT2D eigenvalue weighted by atomic mass is 10.0. The minimum Gasteiger partial charge on any atom is -0.496 e. The fourth-order valence-electron chi connectivity index (χ4n) is 3.32. The molecule has 146 valence electrons. The van der Waals surface area contributed by atoms with Crippen molar-refractivity contribution in [1.29, 1.82) is 0 Å². The van der Waals surface area contributed by atoms with Crippen molar-refractivity contribution < 1.29 is 9.53 Å². The van der Waals surface area contributed by atoms with Crippen LogP contribution in [0.4, 0.5) is 0 Å². The molecule has 6 heteroatoms. The van der Waals surface area contributed by atoms with E-state index in [1.165, 1.54) is 11.8 Å². The second kappa shape index (κ2) is 8.49. The summed E-state index contributed by atoms with van der Waals surface area (Å²) in [5.74, 6) is 0.779. The number of carbonyl (C=O) groups is 1. The van der Waals surface area contributed by atoms with Gasteiger partial charge in [0, 0.05) is 5.56 Å². The summed E-state index contributed by atoms with van der Waals surface area (Å²) in [7, 11) is 1.62. The number of thioether (sulfide) groups is 1. The van der Waals surface area contributed by atoms with Crippen LogP contribution >= 0.6 is 11.8 Å². The highest BCUT2D eigenvalue weighted by molar-refractivity contribution is 8.15. The molecule has 1 aliphatic heterocycles. The zero-order chi connectivity index (χ0) is 20.2. The van der Waals surface area contributed by atoms with Gasteiger partial charge in [-0.05, 0) is 35.4 Å². The van der Waals surface area contributed by atoms with E-state index in [2.05, 4.69) is 34.5 Å². The number of benzene rings is 3. The second-order valence-electron chi connectivity index (χ2n) is 6.69. The molecule has 3 aromatic rings. The number of fused-ring (bicyclic) bond motifs is 1. The maximum Gasteiger partial charge on any atom is 0.242 e. The zero-order valence-corrected chi connectivity index (χ0v) is 17.1. The number of amidine groups is 1. The predicted octanol–water partition coefficient (Wildman–Crippen LogP) is 4.70. The predicted molar refractivity (Wildman–Crippen MR) is 120 cm³/mol. The Kier molecular flexibility index (Phi) is 5.62. The Balaban J connectivity index is 1.62. The smallest absolute Gasteiger partial charge is 0.242 e. The third kappa shape index (κ3) is 4.03. The molecule has 1 amide bonds. The molecule has 0 spiro atoms. The van der Waals surface area contributed by atoms with Gasteiger partial charge in [-0.25, -0.2) is 0 Å². The maximum absolute atomic E-state index is 12.7. The largest absolute Gasteiger partial charge is 0.496 e. The van der Waals surface area contributed by atoms with Gasteiger partial charge in [0.05, 0.1) is 25.1 Å². The van der Waals surface area contributed by atoms with Gasteiger partial charge in [-0.1, -0.05) is 66.4 Å². The summed E-state index contributed by atoms with van der Waals surface area (Å²) in [6.07, 6.45) is 1.65. The van der Waals surface area contributed by atoms with E-state index in [9.17, 15) is 4.79 Å². The Morgan fingerprint density at radius 2 is 1.83 bits per heavy atom. The highest BCUT2D eigenvalue weighted by Gasteiger charge is 2.35. The lowest BCUT2D eigenvalue weighted by Gasteiger charge is -2.17. The number of carbonyl (C=O) groups excluding carboxylic acids is 1. The van der Waals surface area contributed by atoms with Crippen LogP contribution in [0.3, 0.4) is 0 Å². The van der Waals surface area contributed by atoms with Crippen LogP contribution in [0.2, 0.25) is 0 Å². The molecular formula is C23H21N3O2S. The SMILES string of the molecule is COc1ccccc1/C=N\N=C1\S[C@@H](C)C(=O)N1Cc1cccc2ccccc12. The molecule has 0 unspecified atom stereocenters. The first-order valence-electron chi connectivity index (χ1n) is 9.36. The van der Waals surface area contributed by atoms with Gasteiger partial charge in [-0.15, -0.1) is 5.10 Å². The average molecular weight is 404 g/mol. The number of hydrogen-bond donors (Lipinski definition) is 0. The van der Waals surface area contributed by atoms with E-state index in [4.69, 9.17) is 4.74 Å². The summed E-state index contributed by atoms with van der Waals surface area (Å²) in [5, 5.41) is 11.3. The van der Waals surface area contributed by atoms with E-state index >= 15 is 0 Å². The van der Waals surface area contributed by atoms with Crippen molar-refractivity contribution in [3.8, 4) is 5.75 Å². The number of ether oxygens (including phenoxy) is 1. The molecular weight excluding hydrogens is 382 g/mol. The quantitative estimate of drug-likeness (QED) is 0.458. The van der Waals surface area contributed by atoms with Gasteiger partial charge >= 0.3 is 0 Å². The third-order valence-electron chi connectivity index (χ3n) is 4.81. The fraction of sp³-hybridized carbons (Fsp3) is 0.174. The Morgan fingerprint density at radius 3 is 2.69 bits per heavy atom. The molecule has 0 radical (unpaired) electrons. The molecule has 1 fully saturated rings. The summed E-state index contributed by atoms with van der Waals surface area (Å²) in [5.41, 5.74) is 1.93. The fourth-order valence-corrected chi connectivity index (χ4v) is 4.24. The van der Waals surface area contributed by atoms with Crippen LogP contribution in [0.25, 0.3) is 10.8 Å². The van der Waals surface area contributed by atoms with Gasteiger partial charge in [-0.2, -0.15) is 5.10 Å². The molecule has 1 aliphatic rings. The van der Waals surface area contributed by atoms with Crippen molar-refractivity contribution in [1.82, 2.24) is 4.90 Å². The number of nitrogens with zero attached hydrogens (tertiary/aromatic N) is 3. The van der Waals surface area contributed by atoms with Crippen molar-refractivity contribution in [2.45, 2.75) is 18.7 Å². The first-order valence-corrected chi connectivity index (χ1v) is 10.2. The van der Waals surface area contributed by atoms with E-state index in [1.807, 2.05) is 49.4 Å². The number of rotatable bonds is 5. The Labute approximate surface area is 174 Å². The van der Waals surface area contributed by atoms with E-state index < -0.39 is 0 Å². The van der Waals surface area contributed by atoms with Gasteiger partial charge in [-0.3, -0.25) is 9.69 Å².